The third-order valence-corrected chi connectivity index (χ3v) is 6.01. The van der Waals surface area contributed by atoms with Gasteiger partial charge in [-0.15, -0.1) is 5.10 Å². The minimum absolute atomic E-state index is 0.274. The molecule has 0 amide bonds. The quantitative estimate of drug-likeness (QED) is 0.627. The molecule has 10 heteroatoms. The molecule has 0 saturated carbocycles. The first-order valence-electron chi connectivity index (χ1n) is 9.62. The second-order valence-corrected chi connectivity index (χ2v) is 8.17. The first-order chi connectivity index (χ1) is 14.0. The first kappa shape index (κ1) is 20.1. The highest BCUT2D eigenvalue weighted by Crippen LogP contribution is 2.36. The minimum Gasteiger partial charge on any atom is -0.487 e. The maximum atomic E-state index is 10.5. The molecule has 156 valence electrons. The van der Waals surface area contributed by atoms with Crippen molar-refractivity contribution in [2.75, 3.05) is 6.54 Å². The molecule has 4 rings (SSSR count). The molecule has 1 aromatic carbocycles. The summed E-state index contributed by atoms with van der Waals surface area (Å²) in [6, 6.07) is 7.30. The van der Waals surface area contributed by atoms with Crippen molar-refractivity contribution in [1.82, 2.24) is 20.3 Å². The van der Waals surface area contributed by atoms with Crippen LogP contribution >= 0.6 is 11.8 Å². The average molecular weight is 420 g/mol. The van der Waals surface area contributed by atoms with Crippen LogP contribution in [0.5, 0.6) is 5.75 Å². The number of hydrogen-bond acceptors (Lipinski definition) is 9. The zero-order valence-electron chi connectivity index (χ0n) is 16.3. The number of aromatic nitrogens is 3. The third kappa shape index (κ3) is 4.40. The number of rotatable bonds is 6. The summed E-state index contributed by atoms with van der Waals surface area (Å²) in [5.41, 5.74) is 1.39. The van der Waals surface area contributed by atoms with Gasteiger partial charge in [-0.05, 0) is 25.5 Å². The topological polar surface area (TPSA) is 114 Å². The maximum absolute atomic E-state index is 10.5. The van der Waals surface area contributed by atoms with Crippen molar-refractivity contribution < 1.29 is 19.7 Å². The molecule has 5 atom stereocenters. The zero-order valence-corrected chi connectivity index (χ0v) is 17.1. The Bertz CT molecular complexity index is 876. The van der Waals surface area contributed by atoms with Crippen LogP contribution in [0.3, 0.4) is 0 Å². The number of nitrogens with one attached hydrogen (secondary N) is 1. The van der Waals surface area contributed by atoms with E-state index in [-0.39, 0.29) is 12.0 Å². The average Bonchev–Trinajstić information content (AvgIpc) is 3.32. The Kier molecular flexibility index (Phi) is 6.04. The van der Waals surface area contributed by atoms with Crippen LogP contribution in [-0.2, 0) is 17.9 Å². The Balaban J connectivity index is 1.36. The number of hydrogen-bond donors (Lipinski definition) is 3. The lowest BCUT2D eigenvalue weighted by molar-refractivity contribution is -0.157. The fraction of sp³-hybridized carbons (Fsp3) is 0.526. The lowest BCUT2D eigenvalue weighted by Crippen LogP contribution is -2.55. The van der Waals surface area contributed by atoms with E-state index in [1.807, 2.05) is 38.1 Å². The van der Waals surface area contributed by atoms with Gasteiger partial charge in [-0.1, -0.05) is 35.2 Å². The van der Waals surface area contributed by atoms with E-state index in [0.717, 1.165) is 23.0 Å². The highest BCUT2D eigenvalue weighted by atomic mass is 32.2. The number of amidine groups is 1. The summed E-state index contributed by atoms with van der Waals surface area (Å²) in [6.45, 7) is 5.27. The number of aliphatic hydroxyl groups excluding tert-OH is 2. The molecular formula is C19H25N5O4S. The van der Waals surface area contributed by atoms with Crippen molar-refractivity contribution in [3.63, 3.8) is 0 Å². The number of nitrogens with zero attached hydrogens (tertiary/aromatic N) is 4. The third-order valence-electron chi connectivity index (χ3n) is 4.91. The van der Waals surface area contributed by atoms with Crippen molar-refractivity contribution in [1.29, 1.82) is 0 Å². The summed E-state index contributed by atoms with van der Waals surface area (Å²) >= 11 is 1.43. The van der Waals surface area contributed by atoms with Gasteiger partial charge in [0.2, 0.25) is 0 Å². The van der Waals surface area contributed by atoms with Gasteiger partial charge in [0.1, 0.15) is 47.8 Å². The van der Waals surface area contributed by atoms with E-state index in [2.05, 4.69) is 20.6 Å². The van der Waals surface area contributed by atoms with Crippen molar-refractivity contribution >= 4 is 16.9 Å². The second kappa shape index (κ2) is 8.70. The highest BCUT2D eigenvalue weighted by molar-refractivity contribution is 8.14. The lowest BCUT2D eigenvalue weighted by atomic mass is 9.98. The number of benzene rings is 1. The smallest absolute Gasteiger partial charge is 0.159 e. The largest absolute Gasteiger partial charge is 0.487 e. The SMILES string of the molecule is CCNC1=N[C@@H]2[C@@H](O)[C@H](O)[C@@H](Cn3cc(COc4ccccc4C)nn3)O[C@@H]2S1. The fourth-order valence-corrected chi connectivity index (χ4v) is 4.55. The molecule has 2 aliphatic heterocycles. The van der Waals surface area contributed by atoms with Gasteiger partial charge in [-0.3, -0.25) is 4.99 Å². The van der Waals surface area contributed by atoms with Crippen LogP contribution in [-0.4, -0.2) is 66.7 Å². The maximum Gasteiger partial charge on any atom is 0.159 e. The Morgan fingerprint density at radius 2 is 2.10 bits per heavy atom. The van der Waals surface area contributed by atoms with Crippen LogP contribution in [0.4, 0.5) is 0 Å². The van der Waals surface area contributed by atoms with E-state index in [9.17, 15) is 10.2 Å². The van der Waals surface area contributed by atoms with Crippen molar-refractivity contribution in [3.05, 3.63) is 41.7 Å². The fourth-order valence-electron chi connectivity index (χ4n) is 3.36. The van der Waals surface area contributed by atoms with E-state index >= 15 is 0 Å². The van der Waals surface area contributed by atoms with Gasteiger partial charge in [0.15, 0.2) is 5.17 Å². The van der Waals surface area contributed by atoms with Crippen molar-refractivity contribution in [2.24, 2.45) is 4.99 Å². The molecular weight excluding hydrogens is 394 g/mol. The second-order valence-electron chi connectivity index (χ2n) is 7.08. The minimum atomic E-state index is -1.06. The number of fused-ring (bicyclic) bond motifs is 1. The van der Waals surface area contributed by atoms with E-state index in [4.69, 9.17) is 9.47 Å². The predicted octanol–water partition coefficient (Wildman–Crippen LogP) is 0.693. The van der Waals surface area contributed by atoms with Gasteiger partial charge in [-0.25, -0.2) is 4.68 Å². The molecule has 0 aliphatic carbocycles. The molecule has 1 aromatic heterocycles. The Labute approximate surface area is 173 Å². The van der Waals surface area contributed by atoms with Crippen LogP contribution in [0.15, 0.2) is 35.5 Å². The standard InChI is InChI=1S/C19H25N5O4S/c1-3-20-19-21-15-17(26)16(25)14(28-18(15)29-19)9-24-8-12(22-23-24)10-27-13-7-5-4-6-11(13)2/h4-8,14-18,25-26H,3,9-10H2,1-2H3,(H,20,21)/t14-,15-,16-,17-,18-/m1/s1. The van der Waals surface area contributed by atoms with E-state index in [1.165, 1.54) is 11.8 Å². The zero-order chi connectivity index (χ0) is 20.4. The Morgan fingerprint density at radius 1 is 1.28 bits per heavy atom. The monoisotopic (exact) mass is 419 g/mol. The van der Waals surface area contributed by atoms with Crippen LogP contribution in [0.2, 0.25) is 0 Å². The highest BCUT2D eigenvalue weighted by Gasteiger charge is 2.48. The molecule has 29 heavy (non-hydrogen) atoms. The van der Waals surface area contributed by atoms with Crippen LogP contribution in [0, 0.1) is 6.92 Å². The van der Waals surface area contributed by atoms with E-state index < -0.39 is 24.4 Å². The molecule has 3 heterocycles. The van der Waals surface area contributed by atoms with E-state index in [0.29, 0.717) is 12.3 Å². The van der Waals surface area contributed by atoms with Crippen molar-refractivity contribution in [3.8, 4) is 5.75 Å². The molecule has 0 bridgehead atoms. The summed E-state index contributed by atoms with van der Waals surface area (Å²) in [6.07, 6.45) is -0.899. The Morgan fingerprint density at radius 3 is 2.90 bits per heavy atom. The predicted molar refractivity (Wildman–Crippen MR) is 109 cm³/mol. The summed E-state index contributed by atoms with van der Waals surface area (Å²) in [5, 5.41) is 33.1. The molecule has 1 saturated heterocycles. The molecule has 0 spiro atoms. The molecule has 2 aromatic rings. The molecule has 0 unspecified atom stereocenters. The number of aryl methyl sites for hydroxylation is 1. The summed E-state index contributed by atoms with van der Waals surface area (Å²) in [7, 11) is 0. The van der Waals surface area contributed by atoms with Crippen LogP contribution < -0.4 is 10.1 Å². The van der Waals surface area contributed by atoms with Gasteiger partial charge in [0.25, 0.3) is 0 Å². The van der Waals surface area contributed by atoms with Gasteiger partial charge in [0.05, 0.1) is 12.7 Å². The molecule has 9 nitrogen and oxygen atoms in total. The molecule has 3 N–H and O–H groups in total. The first-order valence-corrected chi connectivity index (χ1v) is 10.5. The van der Waals surface area contributed by atoms with Gasteiger partial charge in [0, 0.05) is 6.54 Å². The normalized spacial score (nSPS) is 28.7. The van der Waals surface area contributed by atoms with E-state index in [1.54, 1.807) is 10.9 Å². The van der Waals surface area contributed by atoms with Crippen LogP contribution in [0.25, 0.3) is 0 Å². The summed E-state index contributed by atoms with van der Waals surface area (Å²) in [5.74, 6) is 0.803. The van der Waals surface area contributed by atoms with Crippen LogP contribution in [0.1, 0.15) is 18.2 Å². The number of aliphatic imine (C=N–C) groups is 1. The molecule has 0 radical (unpaired) electrons. The van der Waals surface area contributed by atoms with Crippen molar-refractivity contribution in [2.45, 2.75) is 56.8 Å². The summed E-state index contributed by atoms with van der Waals surface area (Å²) < 4.78 is 13.4. The number of aliphatic hydroxyl groups is 2. The molecule has 2 aliphatic rings. The summed E-state index contributed by atoms with van der Waals surface area (Å²) in [4.78, 5) is 4.42. The Hall–Kier alpha value is -2.14. The van der Waals surface area contributed by atoms with Gasteiger partial charge >= 0.3 is 0 Å². The number of para-hydroxylation sites is 1. The van der Waals surface area contributed by atoms with Gasteiger partial charge < -0.3 is 25.0 Å². The lowest BCUT2D eigenvalue weighted by Gasteiger charge is -2.38. The van der Waals surface area contributed by atoms with Gasteiger partial charge in [-0.2, -0.15) is 0 Å². The number of ether oxygens (including phenoxy) is 2. The number of thioether (sulfide) groups is 1. The molecule has 1 fully saturated rings.